The molecule has 0 fully saturated rings. The molecule has 0 aliphatic heterocycles. The average molecular weight is 376 g/mol. The molecule has 0 atom stereocenters. The van der Waals surface area contributed by atoms with Crippen LogP contribution in [0, 0.1) is 0 Å². The summed E-state index contributed by atoms with van der Waals surface area (Å²) in [5, 5.41) is 9.43. The minimum Gasteiger partial charge on any atom is -0.371 e. The molecule has 1 aromatic heterocycles. The van der Waals surface area contributed by atoms with Gasteiger partial charge in [0, 0.05) is 16.6 Å². The van der Waals surface area contributed by atoms with Crippen molar-refractivity contribution < 1.29 is 0 Å². The van der Waals surface area contributed by atoms with E-state index in [2.05, 4.69) is 45.9 Å². The summed E-state index contributed by atoms with van der Waals surface area (Å²) in [5.74, 6) is 0.688. The Hall–Kier alpha value is -2.58. The van der Waals surface area contributed by atoms with Crippen LogP contribution in [0.3, 0.4) is 0 Å². The molecule has 1 rings (SSSR count). The molecule has 0 saturated heterocycles. The van der Waals surface area contributed by atoms with Gasteiger partial charge in [-0.25, -0.2) is 15.0 Å². The van der Waals surface area contributed by atoms with E-state index in [9.17, 15) is 0 Å². The van der Waals surface area contributed by atoms with Crippen molar-refractivity contribution in [2.24, 2.45) is 15.0 Å². The van der Waals surface area contributed by atoms with Crippen LogP contribution < -0.4 is 16.0 Å². The lowest BCUT2D eigenvalue weighted by molar-refractivity contribution is 0.517. The average Bonchev–Trinajstić information content (AvgIpc) is 2.43. The Bertz CT molecular complexity index is 579. The van der Waals surface area contributed by atoms with Gasteiger partial charge in [0.1, 0.15) is 0 Å². The molecule has 9 heteroatoms. The van der Waals surface area contributed by atoms with Crippen molar-refractivity contribution in [2.75, 3.05) is 0 Å². The van der Waals surface area contributed by atoms with Gasteiger partial charge in [0.25, 0.3) is 17.8 Å². The van der Waals surface area contributed by atoms with Gasteiger partial charge in [-0.3, -0.25) is 0 Å². The first-order chi connectivity index (χ1) is 12.2. The second kappa shape index (κ2) is 8.88. The minimum absolute atomic E-state index is 0.105. The molecular weight excluding hydrogens is 342 g/mol. The molecule has 0 unspecified atom stereocenters. The molecule has 0 bridgehead atoms. The number of hydrogen-bond acceptors (Lipinski definition) is 6. The summed E-state index contributed by atoms with van der Waals surface area (Å²) in [4.78, 5) is 25.4. The Labute approximate surface area is 162 Å². The first kappa shape index (κ1) is 22.5. The number of nitrogens with zero attached hydrogens (tertiary/aromatic N) is 6. The maximum Gasteiger partial charge on any atom is 0.257 e. The molecule has 0 amide bonds. The lowest BCUT2D eigenvalue weighted by Gasteiger charge is -2.17. The monoisotopic (exact) mass is 375 g/mol. The highest BCUT2D eigenvalue weighted by molar-refractivity contribution is 5.63. The van der Waals surface area contributed by atoms with Gasteiger partial charge in [0.2, 0.25) is 0 Å². The first-order valence-corrected chi connectivity index (χ1v) is 8.90. The van der Waals surface area contributed by atoms with E-state index in [-0.39, 0.29) is 34.5 Å². The van der Waals surface area contributed by atoms with E-state index in [1.165, 1.54) is 0 Å². The molecule has 27 heavy (non-hydrogen) atoms. The topological polar surface area (TPSA) is 112 Å². The molecule has 0 aromatic carbocycles. The predicted molar refractivity (Wildman–Crippen MR) is 113 cm³/mol. The third-order valence-electron chi connectivity index (χ3n) is 2.63. The molecule has 1 aromatic rings. The Morgan fingerprint density at radius 2 is 0.741 bits per heavy atom. The van der Waals surface area contributed by atoms with Crippen LogP contribution in [0.2, 0.25) is 0 Å². The van der Waals surface area contributed by atoms with Crippen molar-refractivity contribution in [3.8, 4) is 0 Å². The number of aliphatic imine (C=N–C) groups is 3. The minimum atomic E-state index is -0.105. The Balaban J connectivity index is 3.06. The van der Waals surface area contributed by atoms with Crippen molar-refractivity contribution in [3.05, 3.63) is 0 Å². The maximum atomic E-state index is 4.24. The van der Waals surface area contributed by atoms with Crippen LogP contribution in [0.25, 0.3) is 0 Å². The van der Waals surface area contributed by atoms with Gasteiger partial charge in [-0.15, -0.1) is 0 Å². The molecule has 0 saturated carbocycles. The molecule has 0 aliphatic rings. The number of rotatable bonds is 6. The quantitative estimate of drug-likeness (QED) is 0.520. The van der Waals surface area contributed by atoms with Gasteiger partial charge in [0.15, 0.2) is 0 Å². The lowest BCUT2D eigenvalue weighted by Crippen LogP contribution is -2.34. The summed E-state index contributed by atoms with van der Waals surface area (Å²) in [6.07, 6.45) is 4.70. The zero-order valence-corrected chi connectivity index (χ0v) is 17.9. The largest absolute Gasteiger partial charge is 0.371 e. The van der Waals surface area contributed by atoms with Gasteiger partial charge < -0.3 is 16.0 Å². The molecule has 3 N–H and O–H groups in total. The summed E-state index contributed by atoms with van der Waals surface area (Å²) < 4.78 is 0. The van der Waals surface area contributed by atoms with Crippen LogP contribution in [-0.4, -0.2) is 50.6 Å². The highest BCUT2D eigenvalue weighted by Crippen LogP contribution is 2.15. The second-order valence-corrected chi connectivity index (χ2v) is 9.19. The smallest absolute Gasteiger partial charge is 0.257 e. The van der Waals surface area contributed by atoms with Crippen LogP contribution in [0.4, 0.5) is 17.8 Å². The van der Waals surface area contributed by atoms with Crippen molar-refractivity contribution in [2.45, 2.75) is 78.9 Å². The number of nitrogens with one attached hydrogen (secondary N) is 3. The molecule has 150 valence electrons. The Morgan fingerprint density at radius 1 is 0.519 bits per heavy atom. The van der Waals surface area contributed by atoms with E-state index < -0.39 is 0 Å². The molecule has 0 spiro atoms. The summed E-state index contributed by atoms with van der Waals surface area (Å²) in [7, 11) is 0. The fraction of sp³-hybridized carbons (Fsp3) is 0.667. The van der Waals surface area contributed by atoms with Gasteiger partial charge in [-0.1, -0.05) is 0 Å². The van der Waals surface area contributed by atoms with Crippen LogP contribution in [0.5, 0.6) is 0 Å². The summed E-state index contributed by atoms with van der Waals surface area (Å²) in [6.45, 7) is 18.3. The number of hydrogen-bond donors (Lipinski definition) is 3. The van der Waals surface area contributed by atoms with Gasteiger partial charge >= 0.3 is 0 Å². The van der Waals surface area contributed by atoms with Crippen molar-refractivity contribution in [1.82, 2.24) is 30.9 Å². The van der Waals surface area contributed by atoms with E-state index in [0.717, 1.165) is 0 Å². The van der Waals surface area contributed by atoms with E-state index in [1.807, 2.05) is 62.3 Å². The lowest BCUT2D eigenvalue weighted by atomic mass is 10.1. The third-order valence-corrected chi connectivity index (χ3v) is 2.63. The summed E-state index contributed by atoms with van der Waals surface area (Å²) in [6, 6.07) is 0. The molecule has 0 radical (unpaired) electrons. The molecule has 0 aliphatic carbocycles. The molecule has 1 heterocycles. The van der Waals surface area contributed by atoms with E-state index in [4.69, 9.17) is 0 Å². The van der Waals surface area contributed by atoms with Gasteiger partial charge in [-0.05, 0) is 62.3 Å². The van der Waals surface area contributed by atoms with Crippen LogP contribution >= 0.6 is 0 Å². The Kier molecular flexibility index (Phi) is 7.38. The molecular formula is C18H33N9. The van der Waals surface area contributed by atoms with E-state index in [1.54, 1.807) is 19.0 Å². The van der Waals surface area contributed by atoms with E-state index >= 15 is 0 Å². The first-order valence-electron chi connectivity index (χ1n) is 8.90. The zero-order valence-electron chi connectivity index (χ0n) is 17.9. The zero-order chi connectivity index (χ0) is 20.7. The third kappa shape index (κ3) is 11.6. The molecule has 9 nitrogen and oxygen atoms in total. The van der Waals surface area contributed by atoms with Crippen LogP contribution in [0.15, 0.2) is 15.0 Å². The van der Waals surface area contributed by atoms with Gasteiger partial charge in [0.05, 0.1) is 19.0 Å². The standard InChI is InChI=1S/C18H33N9/c1-16(2,3)22-10-19-13-25-14(20-11-23-17(4,5)6)27-15(26-13)21-12-24-18(7,8)9/h10-12H,1-9H3,(H3,19,20,21,22,23,24,25,26,27). The second-order valence-electron chi connectivity index (χ2n) is 9.19. The number of aromatic nitrogens is 3. The fourth-order valence-corrected chi connectivity index (χ4v) is 1.37. The van der Waals surface area contributed by atoms with Crippen molar-refractivity contribution in [1.29, 1.82) is 0 Å². The highest BCUT2D eigenvalue weighted by atomic mass is 15.2. The maximum absolute atomic E-state index is 4.24. The Morgan fingerprint density at radius 3 is 0.926 bits per heavy atom. The normalized spacial score (nSPS) is 13.7. The SMILES string of the molecule is CC(C)(C)NC=Nc1nc(N=CNC(C)(C)C)nc(N=CNC(C)(C)C)n1. The predicted octanol–water partition coefficient (Wildman–Crippen LogP) is 3.02. The van der Waals surface area contributed by atoms with Crippen LogP contribution in [-0.2, 0) is 0 Å². The van der Waals surface area contributed by atoms with Crippen molar-refractivity contribution >= 4 is 36.9 Å². The fourth-order valence-electron chi connectivity index (χ4n) is 1.37. The van der Waals surface area contributed by atoms with Crippen LogP contribution in [0.1, 0.15) is 62.3 Å². The van der Waals surface area contributed by atoms with Gasteiger partial charge in [-0.2, -0.15) is 15.0 Å². The summed E-state index contributed by atoms with van der Waals surface area (Å²) in [5.41, 5.74) is -0.316. The summed E-state index contributed by atoms with van der Waals surface area (Å²) >= 11 is 0. The van der Waals surface area contributed by atoms with E-state index in [0.29, 0.717) is 0 Å². The highest BCUT2D eigenvalue weighted by Gasteiger charge is 2.09. The van der Waals surface area contributed by atoms with Crippen molar-refractivity contribution in [3.63, 3.8) is 0 Å².